The minimum atomic E-state index is 0.306. The van der Waals surface area contributed by atoms with Gasteiger partial charge in [-0.05, 0) is 30.5 Å². The van der Waals surface area contributed by atoms with Crippen LogP contribution in [0, 0.1) is 6.92 Å². The fourth-order valence-electron chi connectivity index (χ4n) is 2.10. The molecule has 0 atom stereocenters. The predicted octanol–water partition coefficient (Wildman–Crippen LogP) is 4.35. The summed E-state index contributed by atoms with van der Waals surface area (Å²) in [5.74, 6) is 1.96. The Morgan fingerprint density at radius 1 is 1.15 bits per heavy atom. The molecule has 5 heteroatoms. The van der Waals surface area contributed by atoms with Gasteiger partial charge < -0.3 is 10.6 Å². The van der Waals surface area contributed by atoms with E-state index in [4.69, 9.17) is 11.6 Å². The third kappa shape index (κ3) is 3.02. The second-order valence-corrected chi connectivity index (χ2v) is 5.41. The SMILES string of the molecule is CNc1ncnc(Nc2cc(Cl)ccc2C)c1C(C)C. The maximum absolute atomic E-state index is 6.06. The van der Waals surface area contributed by atoms with Gasteiger partial charge in [-0.2, -0.15) is 0 Å². The molecule has 1 aromatic heterocycles. The number of anilines is 3. The number of hydrogen-bond acceptors (Lipinski definition) is 4. The van der Waals surface area contributed by atoms with Gasteiger partial charge in [0, 0.05) is 23.3 Å². The molecule has 20 heavy (non-hydrogen) atoms. The lowest BCUT2D eigenvalue weighted by Crippen LogP contribution is -2.07. The van der Waals surface area contributed by atoms with Gasteiger partial charge in [0.2, 0.25) is 0 Å². The molecule has 0 fully saturated rings. The molecule has 0 bridgehead atoms. The van der Waals surface area contributed by atoms with Crippen LogP contribution in [-0.2, 0) is 0 Å². The summed E-state index contributed by atoms with van der Waals surface area (Å²) < 4.78 is 0. The van der Waals surface area contributed by atoms with Gasteiger partial charge in [-0.3, -0.25) is 0 Å². The van der Waals surface area contributed by atoms with Crippen LogP contribution < -0.4 is 10.6 Å². The maximum atomic E-state index is 6.06. The molecule has 0 saturated heterocycles. The molecule has 2 N–H and O–H groups in total. The highest BCUT2D eigenvalue weighted by Gasteiger charge is 2.14. The minimum absolute atomic E-state index is 0.306. The fourth-order valence-corrected chi connectivity index (χ4v) is 2.27. The van der Waals surface area contributed by atoms with E-state index in [0.717, 1.165) is 28.5 Å². The van der Waals surface area contributed by atoms with Crippen molar-refractivity contribution >= 4 is 28.9 Å². The summed E-state index contributed by atoms with van der Waals surface area (Å²) in [6, 6.07) is 5.77. The van der Waals surface area contributed by atoms with Gasteiger partial charge >= 0.3 is 0 Å². The van der Waals surface area contributed by atoms with Crippen molar-refractivity contribution in [2.45, 2.75) is 26.7 Å². The lowest BCUT2D eigenvalue weighted by atomic mass is 10.0. The molecule has 2 rings (SSSR count). The van der Waals surface area contributed by atoms with Gasteiger partial charge in [0.25, 0.3) is 0 Å². The van der Waals surface area contributed by atoms with Crippen molar-refractivity contribution in [1.29, 1.82) is 0 Å². The highest BCUT2D eigenvalue weighted by molar-refractivity contribution is 6.30. The van der Waals surface area contributed by atoms with Crippen LogP contribution in [0.15, 0.2) is 24.5 Å². The predicted molar refractivity (Wildman–Crippen MR) is 85.1 cm³/mol. The number of benzene rings is 1. The number of rotatable bonds is 4. The van der Waals surface area contributed by atoms with Crippen LogP contribution in [0.4, 0.5) is 17.3 Å². The quantitative estimate of drug-likeness (QED) is 0.879. The summed E-state index contributed by atoms with van der Waals surface area (Å²) in [4.78, 5) is 8.64. The van der Waals surface area contributed by atoms with Crippen LogP contribution in [0.5, 0.6) is 0 Å². The number of nitrogens with zero attached hydrogens (tertiary/aromatic N) is 2. The molecule has 0 amide bonds. The van der Waals surface area contributed by atoms with Crippen molar-refractivity contribution in [2.75, 3.05) is 17.7 Å². The highest BCUT2D eigenvalue weighted by atomic mass is 35.5. The molecule has 0 radical (unpaired) electrons. The second-order valence-electron chi connectivity index (χ2n) is 4.97. The molecule has 1 aromatic carbocycles. The Bertz CT molecular complexity index is 611. The normalized spacial score (nSPS) is 10.7. The first-order valence-corrected chi connectivity index (χ1v) is 6.96. The smallest absolute Gasteiger partial charge is 0.139 e. The van der Waals surface area contributed by atoms with Crippen molar-refractivity contribution in [3.05, 3.63) is 40.7 Å². The lowest BCUT2D eigenvalue weighted by molar-refractivity contribution is 0.852. The van der Waals surface area contributed by atoms with E-state index in [0.29, 0.717) is 10.9 Å². The molecule has 0 aliphatic heterocycles. The van der Waals surface area contributed by atoms with E-state index >= 15 is 0 Å². The van der Waals surface area contributed by atoms with E-state index in [1.165, 1.54) is 0 Å². The van der Waals surface area contributed by atoms with Crippen molar-refractivity contribution in [3.8, 4) is 0 Å². The Kier molecular flexibility index (Phi) is 4.45. The Hall–Kier alpha value is -1.81. The molecular formula is C15H19ClN4. The van der Waals surface area contributed by atoms with Crippen molar-refractivity contribution < 1.29 is 0 Å². The first kappa shape index (κ1) is 14.6. The summed E-state index contributed by atoms with van der Waals surface area (Å²) in [5.41, 5.74) is 3.14. The molecule has 0 aliphatic carbocycles. The summed E-state index contributed by atoms with van der Waals surface area (Å²) >= 11 is 6.06. The van der Waals surface area contributed by atoms with E-state index in [1.807, 2.05) is 32.2 Å². The fraction of sp³-hybridized carbons (Fsp3) is 0.333. The molecule has 1 heterocycles. The first-order chi connectivity index (χ1) is 9.52. The van der Waals surface area contributed by atoms with Crippen LogP contribution in [0.2, 0.25) is 5.02 Å². The molecule has 0 unspecified atom stereocenters. The Morgan fingerprint density at radius 3 is 2.50 bits per heavy atom. The zero-order valence-electron chi connectivity index (χ0n) is 12.2. The number of halogens is 1. The summed E-state index contributed by atoms with van der Waals surface area (Å²) in [6.45, 7) is 6.28. The van der Waals surface area contributed by atoms with Crippen LogP contribution in [0.3, 0.4) is 0 Å². The summed E-state index contributed by atoms with van der Waals surface area (Å²) in [5, 5.41) is 7.18. The number of hydrogen-bond donors (Lipinski definition) is 2. The van der Waals surface area contributed by atoms with Gasteiger partial charge in [-0.15, -0.1) is 0 Å². The number of aryl methyl sites for hydroxylation is 1. The van der Waals surface area contributed by atoms with Crippen molar-refractivity contribution in [1.82, 2.24) is 9.97 Å². The van der Waals surface area contributed by atoms with Gasteiger partial charge in [0.15, 0.2) is 0 Å². The summed E-state index contributed by atoms with van der Waals surface area (Å²) in [6.07, 6.45) is 1.56. The zero-order chi connectivity index (χ0) is 14.7. The van der Waals surface area contributed by atoms with E-state index in [2.05, 4.69) is 34.4 Å². The third-order valence-electron chi connectivity index (χ3n) is 3.15. The van der Waals surface area contributed by atoms with Crippen LogP contribution >= 0.6 is 11.6 Å². The third-order valence-corrected chi connectivity index (χ3v) is 3.39. The molecule has 106 valence electrons. The molecule has 0 saturated carbocycles. The van der Waals surface area contributed by atoms with E-state index in [-0.39, 0.29) is 0 Å². The standard InChI is InChI=1S/C15H19ClN4/c1-9(2)13-14(17-4)18-8-19-15(13)20-12-7-11(16)6-5-10(12)3/h5-9H,1-4H3,(H2,17,18,19,20). The first-order valence-electron chi connectivity index (χ1n) is 6.58. The molecule has 0 aliphatic rings. The van der Waals surface area contributed by atoms with Gasteiger partial charge in [-0.25, -0.2) is 9.97 Å². The van der Waals surface area contributed by atoms with E-state index in [9.17, 15) is 0 Å². The average molecular weight is 291 g/mol. The monoisotopic (exact) mass is 290 g/mol. The van der Waals surface area contributed by atoms with Gasteiger partial charge in [-0.1, -0.05) is 31.5 Å². The Morgan fingerprint density at radius 2 is 1.85 bits per heavy atom. The molecule has 0 spiro atoms. The summed E-state index contributed by atoms with van der Waals surface area (Å²) in [7, 11) is 1.86. The van der Waals surface area contributed by atoms with E-state index in [1.54, 1.807) is 6.33 Å². The largest absolute Gasteiger partial charge is 0.373 e. The maximum Gasteiger partial charge on any atom is 0.139 e. The Labute approximate surface area is 124 Å². The van der Waals surface area contributed by atoms with Gasteiger partial charge in [0.05, 0.1) is 0 Å². The second kappa shape index (κ2) is 6.09. The van der Waals surface area contributed by atoms with Crippen LogP contribution in [0.1, 0.15) is 30.9 Å². The minimum Gasteiger partial charge on any atom is -0.373 e. The molecule has 2 aromatic rings. The van der Waals surface area contributed by atoms with E-state index < -0.39 is 0 Å². The zero-order valence-corrected chi connectivity index (χ0v) is 12.9. The van der Waals surface area contributed by atoms with Crippen molar-refractivity contribution in [3.63, 3.8) is 0 Å². The number of nitrogens with one attached hydrogen (secondary N) is 2. The average Bonchev–Trinajstić information content (AvgIpc) is 2.42. The van der Waals surface area contributed by atoms with Crippen LogP contribution in [-0.4, -0.2) is 17.0 Å². The lowest BCUT2D eigenvalue weighted by Gasteiger charge is -2.17. The highest BCUT2D eigenvalue weighted by Crippen LogP contribution is 2.31. The molecular weight excluding hydrogens is 272 g/mol. The number of aromatic nitrogens is 2. The topological polar surface area (TPSA) is 49.8 Å². The van der Waals surface area contributed by atoms with Crippen molar-refractivity contribution in [2.24, 2.45) is 0 Å². The Balaban J connectivity index is 2.45. The van der Waals surface area contributed by atoms with Crippen LogP contribution in [0.25, 0.3) is 0 Å². The van der Waals surface area contributed by atoms with Gasteiger partial charge in [0.1, 0.15) is 18.0 Å². The molecule has 4 nitrogen and oxygen atoms in total.